The Morgan fingerprint density at radius 2 is 2.08 bits per heavy atom. The van der Waals surface area contributed by atoms with Crippen LogP contribution in [0.2, 0.25) is 0 Å². The van der Waals surface area contributed by atoms with Gasteiger partial charge in [-0.15, -0.1) is 11.3 Å². The monoisotopic (exact) mass is 358 g/mol. The molecule has 0 saturated heterocycles. The van der Waals surface area contributed by atoms with E-state index in [-0.39, 0.29) is 5.56 Å². The quantitative estimate of drug-likeness (QED) is 0.697. The molecule has 2 heterocycles. The number of H-pyrrole nitrogens is 1. The summed E-state index contributed by atoms with van der Waals surface area (Å²) in [4.78, 5) is 18.7. The summed E-state index contributed by atoms with van der Waals surface area (Å²) in [5.41, 5.74) is 1.95. The molecule has 3 aromatic rings. The minimum Gasteiger partial charge on any atom is -0.497 e. The Balaban J connectivity index is 1.96. The third kappa shape index (κ3) is 2.41. The lowest BCUT2D eigenvalue weighted by molar-refractivity contribution is 0.414. The first kappa shape index (κ1) is 15.6. The average Bonchev–Trinajstić information content (AvgIpc) is 2.92. The zero-order valence-corrected chi connectivity index (χ0v) is 15.2. The number of nitrogens with one attached hydrogen (secondary N) is 1. The van der Waals surface area contributed by atoms with Gasteiger partial charge in [-0.1, -0.05) is 6.92 Å². The molecule has 1 atom stereocenters. The lowest BCUT2D eigenvalue weighted by Gasteiger charge is -2.17. The van der Waals surface area contributed by atoms with E-state index in [4.69, 9.17) is 17.0 Å². The number of aromatic amines is 1. The molecule has 1 unspecified atom stereocenters. The molecule has 0 bridgehead atoms. The fraction of sp³-hybridized carbons (Fsp3) is 0.333. The first-order valence-electron chi connectivity index (χ1n) is 8.02. The van der Waals surface area contributed by atoms with Crippen LogP contribution in [0.25, 0.3) is 15.9 Å². The number of ether oxygens (including phenoxy) is 1. The molecular weight excluding hydrogens is 340 g/mol. The fourth-order valence-electron chi connectivity index (χ4n) is 3.39. The number of aromatic nitrogens is 2. The number of fused-ring (bicyclic) bond motifs is 3. The van der Waals surface area contributed by atoms with Gasteiger partial charge in [-0.3, -0.25) is 9.36 Å². The number of hydrogen-bond donors (Lipinski definition) is 1. The van der Waals surface area contributed by atoms with Crippen molar-refractivity contribution in [2.75, 3.05) is 7.11 Å². The molecule has 4 rings (SSSR count). The van der Waals surface area contributed by atoms with Gasteiger partial charge in [0.05, 0.1) is 18.2 Å². The molecule has 24 heavy (non-hydrogen) atoms. The number of thiophene rings is 1. The number of rotatable bonds is 2. The molecule has 1 aromatic carbocycles. The zero-order chi connectivity index (χ0) is 16.8. The van der Waals surface area contributed by atoms with Crippen LogP contribution in [-0.2, 0) is 12.8 Å². The fourth-order valence-corrected chi connectivity index (χ4v) is 5.14. The molecule has 0 amide bonds. The lowest BCUT2D eigenvalue weighted by atomic mass is 9.89. The van der Waals surface area contributed by atoms with Crippen LogP contribution in [0, 0.1) is 10.7 Å². The van der Waals surface area contributed by atoms with E-state index in [0.29, 0.717) is 10.7 Å². The molecule has 1 aliphatic rings. The van der Waals surface area contributed by atoms with Crippen LogP contribution < -0.4 is 10.3 Å². The van der Waals surface area contributed by atoms with Crippen molar-refractivity contribution in [1.82, 2.24) is 9.55 Å². The van der Waals surface area contributed by atoms with E-state index in [9.17, 15) is 4.79 Å². The van der Waals surface area contributed by atoms with Gasteiger partial charge in [-0.25, -0.2) is 0 Å². The van der Waals surface area contributed by atoms with Crippen LogP contribution >= 0.6 is 23.6 Å². The lowest BCUT2D eigenvalue weighted by Crippen LogP contribution is -2.21. The van der Waals surface area contributed by atoms with Gasteiger partial charge in [0.25, 0.3) is 5.56 Å². The van der Waals surface area contributed by atoms with Crippen LogP contribution in [0.15, 0.2) is 29.1 Å². The van der Waals surface area contributed by atoms with Gasteiger partial charge in [-0.05, 0) is 67.2 Å². The predicted molar refractivity (Wildman–Crippen MR) is 100 cm³/mol. The van der Waals surface area contributed by atoms with Crippen molar-refractivity contribution in [1.29, 1.82) is 0 Å². The van der Waals surface area contributed by atoms with Gasteiger partial charge >= 0.3 is 0 Å². The maximum absolute atomic E-state index is 13.2. The molecule has 0 spiro atoms. The number of hydrogen-bond acceptors (Lipinski definition) is 4. The Labute approximate surface area is 148 Å². The van der Waals surface area contributed by atoms with Crippen molar-refractivity contribution in [3.63, 3.8) is 0 Å². The molecule has 0 aliphatic heterocycles. The summed E-state index contributed by atoms with van der Waals surface area (Å²) in [6, 6.07) is 7.39. The molecule has 124 valence electrons. The molecule has 6 heteroatoms. The van der Waals surface area contributed by atoms with E-state index < -0.39 is 0 Å². The maximum atomic E-state index is 13.2. The first-order valence-corrected chi connectivity index (χ1v) is 9.25. The first-order chi connectivity index (χ1) is 11.6. The van der Waals surface area contributed by atoms with E-state index in [1.807, 2.05) is 24.3 Å². The summed E-state index contributed by atoms with van der Waals surface area (Å²) in [6.07, 6.45) is 3.16. The van der Waals surface area contributed by atoms with Crippen molar-refractivity contribution in [2.24, 2.45) is 5.92 Å². The Bertz CT molecular complexity index is 1030. The van der Waals surface area contributed by atoms with E-state index in [1.54, 1.807) is 23.0 Å². The van der Waals surface area contributed by atoms with Crippen molar-refractivity contribution >= 4 is 33.8 Å². The SMILES string of the molecule is COc1ccc(-n2c(=S)[nH]c3sc4c(c3c2=O)CCC(C)C4)cc1. The van der Waals surface area contributed by atoms with Crippen molar-refractivity contribution < 1.29 is 4.74 Å². The average molecular weight is 358 g/mol. The summed E-state index contributed by atoms with van der Waals surface area (Å²) in [5, 5.41) is 0.811. The normalized spacial score (nSPS) is 17.0. The summed E-state index contributed by atoms with van der Waals surface area (Å²) >= 11 is 7.14. The van der Waals surface area contributed by atoms with Gasteiger partial charge in [0.2, 0.25) is 0 Å². The number of benzene rings is 1. The second kappa shape index (κ2) is 5.86. The minimum absolute atomic E-state index is 0.0223. The molecule has 0 saturated carbocycles. The Morgan fingerprint density at radius 1 is 1.33 bits per heavy atom. The molecule has 4 nitrogen and oxygen atoms in total. The molecular formula is C18H18N2O2S2. The van der Waals surface area contributed by atoms with Gasteiger partial charge in [0.1, 0.15) is 10.6 Å². The van der Waals surface area contributed by atoms with E-state index >= 15 is 0 Å². The molecule has 2 aromatic heterocycles. The Kier molecular flexibility index (Phi) is 3.81. The third-order valence-corrected chi connectivity index (χ3v) is 6.14. The summed E-state index contributed by atoms with van der Waals surface area (Å²) in [6.45, 7) is 2.27. The van der Waals surface area contributed by atoms with Crippen molar-refractivity contribution in [2.45, 2.75) is 26.2 Å². The molecule has 1 aliphatic carbocycles. The second-order valence-corrected chi connectivity index (χ2v) is 7.82. The molecule has 1 N–H and O–H groups in total. The standard InChI is InChI=1S/C18H18N2O2S2/c1-10-3-8-13-14(9-10)24-16-15(13)17(21)20(18(23)19-16)11-4-6-12(22-2)7-5-11/h4-7,10H,3,8-9H2,1-2H3,(H,19,23). The number of aryl methyl sites for hydroxylation is 1. The highest BCUT2D eigenvalue weighted by Crippen LogP contribution is 2.35. The van der Waals surface area contributed by atoms with Crippen LogP contribution in [-0.4, -0.2) is 16.7 Å². The van der Waals surface area contributed by atoms with E-state index in [2.05, 4.69) is 11.9 Å². The smallest absolute Gasteiger partial charge is 0.267 e. The van der Waals surface area contributed by atoms with Crippen molar-refractivity contribution in [3.05, 3.63) is 49.8 Å². The second-order valence-electron chi connectivity index (χ2n) is 6.32. The predicted octanol–water partition coefficient (Wildman–Crippen LogP) is 4.24. The topological polar surface area (TPSA) is 47.0 Å². The molecule has 0 fully saturated rings. The van der Waals surface area contributed by atoms with Gasteiger partial charge in [0.15, 0.2) is 4.77 Å². The van der Waals surface area contributed by atoms with Crippen molar-refractivity contribution in [3.8, 4) is 11.4 Å². The van der Waals surface area contributed by atoms with Gasteiger partial charge in [0, 0.05) is 4.88 Å². The summed E-state index contributed by atoms with van der Waals surface area (Å²) < 4.78 is 7.21. The third-order valence-electron chi connectivity index (χ3n) is 4.68. The van der Waals surface area contributed by atoms with E-state index in [0.717, 1.165) is 40.9 Å². The number of nitrogens with zero attached hydrogens (tertiary/aromatic N) is 1. The van der Waals surface area contributed by atoms with Gasteiger partial charge < -0.3 is 9.72 Å². The summed E-state index contributed by atoms with van der Waals surface area (Å²) in [5.74, 6) is 1.43. The minimum atomic E-state index is -0.0223. The largest absolute Gasteiger partial charge is 0.497 e. The van der Waals surface area contributed by atoms with Gasteiger partial charge in [-0.2, -0.15) is 0 Å². The highest BCUT2D eigenvalue weighted by atomic mass is 32.1. The van der Waals surface area contributed by atoms with Crippen LogP contribution in [0.3, 0.4) is 0 Å². The van der Waals surface area contributed by atoms with Crippen LogP contribution in [0.5, 0.6) is 5.75 Å². The van der Waals surface area contributed by atoms with Crippen LogP contribution in [0.4, 0.5) is 0 Å². The maximum Gasteiger partial charge on any atom is 0.267 e. The van der Waals surface area contributed by atoms with Crippen LogP contribution in [0.1, 0.15) is 23.8 Å². The van der Waals surface area contributed by atoms with E-state index in [1.165, 1.54) is 10.4 Å². The Morgan fingerprint density at radius 3 is 2.79 bits per heavy atom. The zero-order valence-electron chi connectivity index (χ0n) is 13.6. The highest BCUT2D eigenvalue weighted by Gasteiger charge is 2.23. The summed E-state index contributed by atoms with van der Waals surface area (Å²) in [7, 11) is 1.62. The highest BCUT2D eigenvalue weighted by molar-refractivity contribution is 7.71. The Hall–Kier alpha value is -1.92. The molecule has 0 radical (unpaired) electrons. The number of methoxy groups -OCH3 is 1.